The minimum atomic E-state index is -0.713. The first-order valence-corrected chi connectivity index (χ1v) is 10.6. The highest BCUT2D eigenvalue weighted by Crippen LogP contribution is 2.45. The highest BCUT2D eigenvalue weighted by Gasteiger charge is 2.38. The number of esters is 1. The standard InChI is InChI=1S/C22H26FN3O4/c1-29-21-18-14(20(27)15(22(28)30-2)10-26(18)13-5-6-13)8-16(23)19(21)25-9-12-4-3-7-24-17(12)11-25/h8,10,12-13,17,24H,3-7,9,11H2,1-2H3. The number of halogens is 1. The zero-order chi connectivity index (χ0) is 21.0. The Morgan fingerprint density at radius 2 is 2.03 bits per heavy atom. The Balaban J connectivity index is 1.72. The molecule has 2 unspecified atom stereocenters. The van der Waals surface area contributed by atoms with E-state index in [9.17, 15) is 9.59 Å². The molecule has 2 atom stereocenters. The Bertz CT molecular complexity index is 1060. The number of carbonyl (C=O) groups is 1. The molecule has 30 heavy (non-hydrogen) atoms. The predicted molar refractivity (Wildman–Crippen MR) is 111 cm³/mol. The van der Waals surface area contributed by atoms with E-state index < -0.39 is 17.2 Å². The number of methoxy groups -OCH3 is 2. The van der Waals surface area contributed by atoms with Gasteiger partial charge in [-0.25, -0.2) is 9.18 Å². The molecule has 160 valence electrons. The molecule has 3 fully saturated rings. The number of hydrogen-bond acceptors (Lipinski definition) is 6. The maximum Gasteiger partial charge on any atom is 0.343 e. The molecule has 7 nitrogen and oxygen atoms in total. The molecule has 0 spiro atoms. The molecule has 2 aromatic rings. The molecule has 0 amide bonds. The van der Waals surface area contributed by atoms with Crippen LogP contribution in [0.5, 0.6) is 5.75 Å². The Hall–Kier alpha value is -2.61. The van der Waals surface area contributed by atoms with E-state index in [1.165, 1.54) is 20.3 Å². The molecular weight excluding hydrogens is 389 g/mol. The van der Waals surface area contributed by atoms with Crippen LogP contribution in [0.4, 0.5) is 10.1 Å². The van der Waals surface area contributed by atoms with Crippen LogP contribution < -0.4 is 20.4 Å². The number of pyridine rings is 1. The van der Waals surface area contributed by atoms with E-state index in [1.807, 2.05) is 9.47 Å². The van der Waals surface area contributed by atoms with Gasteiger partial charge in [0.2, 0.25) is 5.43 Å². The number of carbonyl (C=O) groups excluding carboxylic acids is 1. The molecule has 2 saturated heterocycles. The summed E-state index contributed by atoms with van der Waals surface area (Å²) in [6.07, 6.45) is 5.67. The van der Waals surface area contributed by atoms with Crippen LogP contribution in [0.15, 0.2) is 17.1 Å². The van der Waals surface area contributed by atoms with E-state index in [4.69, 9.17) is 9.47 Å². The lowest BCUT2D eigenvalue weighted by Crippen LogP contribution is -2.40. The van der Waals surface area contributed by atoms with Crippen molar-refractivity contribution < 1.29 is 18.7 Å². The first-order valence-electron chi connectivity index (χ1n) is 10.6. The highest BCUT2D eigenvalue weighted by molar-refractivity contribution is 5.97. The van der Waals surface area contributed by atoms with E-state index in [-0.39, 0.29) is 17.0 Å². The van der Waals surface area contributed by atoms with E-state index >= 15 is 4.39 Å². The molecule has 5 rings (SSSR count). The lowest BCUT2D eigenvalue weighted by atomic mass is 9.94. The van der Waals surface area contributed by atoms with Crippen molar-refractivity contribution in [2.24, 2.45) is 5.92 Å². The van der Waals surface area contributed by atoms with Gasteiger partial charge in [-0.15, -0.1) is 0 Å². The summed E-state index contributed by atoms with van der Waals surface area (Å²) in [5, 5.41) is 3.69. The third-order valence-electron chi connectivity index (χ3n) is 6.66. The van der Waals surface area contributed by atoms with Gasteiger partial charge in [0.05, 0.1) is 25.1 Å². The average molecular weight is 415 g/mol. The molecule has 2 aliphatic heterocycles. The van der Waals surface area contributed by atoms with Gasteiger partial charge in [-0.1, -0.05) is 0 Å². The maximum atomic E-state index is 15.4. The normalized spacial score (nSPS) is 23.5. The number of aromatic nitrogens is 1. The Kier molecular flexibility index (Phi) is 4.69. The lowest BCUT2D eigenvalue weighted by Gasteiger charge is -2.25. The van der Waals surface area contributed by atoms with Gasteiger partial charge >= 0.3 is 5.97 Å². The molecule has 0 bridgehead atoms. The summed E-state index contributed by atoms with van der Waals surface area (Å²) in [6.45, 7) is 2.45. The SMILES string of the molecule is COC(=O)c1cn(C2CC2)c2c(OC)c(N3CC4CCCNC4C3)c(F)cc2c1=O. The van der Waals surface area contributed by atoms with Crippen LogP contribution in [0.25, 0.3) is 10.9 Å². The molecule has 1 aromatic heterocycles. The van der Waals surface area contributed by atoms with Gasteiger partial charge in [-0.05, 0) is 44.2 Å². The van der Waals surface area contributed by atoms with Crippen molar-refractivity contribution in [2.75, 3.05) is 38.8 Å². The number of fused-ring (bicyclic) bond motifs is 2. The van der Waals surface area contributed by atoms with Crippen molar-refractivity contribution in [3.05, 3.63) is 33.9 Å². The van der Waals surface area contributed by atoms with Gasteiger partial charge in [0.1, 0.15) is 11.3 Å². The fourth-order valence-corrected chi connectivity index (χ4v) is 5.06. The van der Waals surface area contributed by atoms with Crippen LogP contribution in [0.2, 0.25) is 0 Å². The number of nitrogens with zero attached hydrogens (tertiary/aromatic N) is 2. The Morgan fingerprint density at radius 1 is 1.23 bits per heavy atom. The number of anilines is 1. The quantitative estimate of drug-likeness (QED) is 0.774. The Morgan fingerprint density at radius 3 is 2.70 bits per heavy atom. The van der Waals surface area contributed by atoms with Gasteiger partial charge in [0.25, 0.3) is 0 Å². The topological polar surface area (TPSA) is 72.8 Å². The number of piperidine rings is 1. The third-order valence-corrected chi connectivity index (χ3v) is 6.66. The second-order valence-electron chi connectivity index (χ2n) is 8.51. The van der Waals surface area contributed by atoms with E-state index in [0.29, 0.717) is 35.5 Å². The summed E-state index contributed by atoms with van der Waals surface area (Å²) in [7, 11) is 2.74. The van der Waals surface area contributed by atoms with Crippen molar-refractivity contribution >= 4 is 22.6 Å². The first-order chi connectivity index (χ1) is 14.5. The first kappa shape index (κ1) is 19.4. The van der Waals surface area contributed by atoms with E-state index in [1.54, 1.807) is 6.20 Å². The fraction of sp³-hybridized carbons (Fsp3) is 0.545. The Labute approximate surface area is 173 Å². The molecule has 3 aliphatic rings. The lowest BCUT2D eigenvalue weighted by molar-refractivity contribution is 0.0598. The van der Waals surface area contributed by atoms with Crippen molar-refractivity contribution in [2.45, 2.75) is 37.8 Å². The molecule has 8 heteroatoms. The summed E-state index contributed by atoms with van der Waals surface area (Å²) in [5.74, 6) is -0.371. The summed E-state index contributed by atoms with van der Waals surface area (Å²) in [6, 6.07) is 1.76. The zero-order valence-corrected chi connectivity index (χ0v) is 17.2. The van der Waals surface area contributed by atoms with Crippen LogP contribution in [0, 0.1) is 11.7 Å². The van der Waals surface area contributed by atoms with E-state index in [0.717, 1.165) is 38.8 Å². The van der Waals surface area contributed by atoms with Crippen molar-refractivity contribution in [1.29, 1.82) is 0 Å². The second-order valence-corrected chi connectivity index (χ2v) is 8.51. The largest absolute Gasteiger partial charge is 0.492 e. The van der Waals surface area contributed by atoms with Gasteiger partial charge in [0.15, 0.2) is 11.6 Å². The van der Waals surface area contributed by atoms with Gasteiger partial charge in [-0.2, -0.15) is 0 Å². The summed E-state index contributed by atoms with van der Waals surface area (Å²) in [4.78, 5) is 27.2. The monoisotopic (exact) mass is 415 g/mol. The molecule has 1 saturated carbocycles. The minimum Gasteiger partial charge on any atom is -0.492 e. The summed E-state index contributed by atoms with van der Waals surface area (Å²) >= 11 is 0. The predicted octanol–water partition coefficient (Wildman–Crippen LogP) is 2.46. The van der Waals surface area contributed by atoms with Crippen LogP contribution in [-0.2, 0) is 4.74 Å². The minimum absolute atomic E-state index is 0.0810. The van der Waals surface area contributed by atoms with Crippen LogP contribution >= 0.6 is 0 Å². The fourth-order valence-electron chi connectivity index (χ4n) is 5.06. The number of rotatable bonds is 4. The summed E-state index contributed by atoms with van der Waals surface area (Å²) in [5.41, 5.74) is 0.342. The number of benzene rings is 1. The van der Waals surface area contributed by atoms with Gasteiger partial charge in [0, 0.05) is 31.4 Å². The smallest absolute Gasteiger partial charge is 0.343 e. The van der Waals surface area contributed by atoms with Crippen LogP contribution in [0.3, 0.4) is 0 Å². The second kappa shape index (κ2) is 7.27. The van der Waals surface area contributed by atoms with Crippen LogP contribution in [0.1, 0.15) is 42.1 Å². The van der Waals surface area contributed by atoms with Crippen molar-refractivity contribution in [3.8, 4) is 5.75 Å². The third kappa shape index (κ3) is 2.96. The molecular formula is C22H26FN3O4. The average Bonchev–Trinajstić information content (AvgIpc) is 3.51. The zero-order valence-electron chi connectivity index (χ0n) is 17.2. The van der Waals surface area contributed by atoms with Crippen molar-refractivity contribution in [3.63, 3.8) is 0 Å². The van der Waals surface area contributed by atoms with Crippen molar-refractivity contribution in [1.82, 2.24) is 9.88 Å². The number of nitrogens with one attached hydrogen (secondary N) is 1. The molecule has 1 aromatic carbocycles. The van der Waals surface area contributed by atoms with Gasteiger partial charge in [-0.3, -0.25) is 4.79 Å². The number of ether oxygens (including phenoxy) is 2. The van der Waals surface area contributed by atoms with E-state index in [2.05, 4.69) is 5.32 Å². The summed E-state index contributed by atoms with van der Waals surface area (Å²) < 4.78 is 27.8. The molecule has 1 aliphatic carbocycles. The maximum absolute atomic E-state index is 15.4. The van der Waals surface area contributed by atoms with Gasteiger partial charge < -0.3 is 24.3 Å². The highest BCUT2D eigenvalue weighted by atomic mass is 19.1. The molecule has 0 radical (unpaired) electrons. The number of hydrogen-bond donors (Lipinski definition) is 1. The molecule has 1 N–H and O–H groups in total. The van der Waals surface area contributed by atoms with Crippen LogP contribution in [-0.4, -0.2) is 50.4 Å². The molecule has 3 heterocycles.